The Kier molecular flexibility index (Phi) is 6.36. The maximum absolute atomic E-state index is 12.9. The largest absolute Gasteiger partial charge is 0.375 e. The van der Waals surface area contributed by atoms with Crippen LogP contribution in [0.3, 0.4) is 0 Å². The van der Waals surface area contributed by atoms with Crippen molar-refractivity contribution in [3.63, 3.8) is 0 Å². The minimum Gasteiger partial charge on any atom is -0.375 e. The summed E-state index contributed by atoms with van der Waals surface area (Å²) in [5.74, 6) is 0.530. The highest BCUT2D eigenvalue weighted by molar-refractivity contribution is 5.95. The zero-order chi connectivity index (χ0) is 21.8. The van der Waals surface area contributed by atoms with Crippen LogP contribution >= 0.6 is 0 Å². The van der Waals surface area contributed by atoms with Crippen LogP contribution in [0.4, 0.5) is 0 Å². The van der Waals surface area contributed by atoms with E-state index < -0.39 is 0 Å². The average molecular weight is 426 g/mol. The third kappa shape index (κ3) is 4.95. The number of piperidine rings is 1. The van der Waals surface area contributed by atoms with Crippen LogP contribution in [0.5, 0.6) is 0 Å². The number of hydrogen-bond acceptors (Lipinski definition) is 5. The Bertz CT molecular complexity index is 919. The van der Waals surface area contributed by atoms with E-state index in [-0.39, 0.29) is 17.4 Å². The maximum Gasteiger partial charge on any atom is 0.257 e. The lowest BCUT2D eigenvalue weighted by molar-refractivity contribution is -0.124. The number of nitrogens with zero attached hydrogens (tertiary/aromatic N) is 4. The van der Waals surface area contributed by atoms with Crippen LogP contribution in [0.1, 0.15) is 58.5 Å². The molecule has 4 heterocycles. The van der Waals surface area contributed by atoms with Crippen molar-refractivity contribution >= 4 is 11.8 Å². The molecule has 2 aliphatic heterocycles. The molecule has 166 valence electrons. The molecular formula is C23H31N5O3. The lowest BCUT2D eigenvalue weighted by atomic mass is 9.78. The van der Waals surface area contributed by atoms with E-state index in [4.69, 9.17) is 4.74 Å². The number of likely N-dealkylation sites (tertiary alicyclic amines) is 1. The minimum atomic E-state index is -0.140. The van der Waals surface area contributed by atoms with E-state index in [1.54, 1.807) is 35.4 Å². The molecule has 1 N–H and O–H groups in total. The van der Waals surface area contributed by atoms with Crippen molar-refractivity contribution in [3.8, 4) is 0 Å². The Morgan fingerprint density at radius 3 is 2.68 bits per heavy atom. The Balaban J connectivity index is 1.26. The Labute approximate surface area is 183 Å². The molecule has 2 amide bonds. The standard InChI is InChI=1S/C23H31N5O3/c1-17-20(16-27(2)26-17)22(30)28-12-7-23(8-13-28)15-18(6-14-31-23)3-11-25-21(29)19-4-9-24-10-5-19/h4-5,9-10,16,18H,3,6-8,11-15H2,1-2H3,(H,25,29). The number of pyridine rings is 1. The summed E-state index contributed by atoms with van der Waals surface area (Å²) >= 11 is 0. The van der Waals surface area contributed by atoms with E-state index in [1.165, 1.54) is 0 Å². The molecule has 0 radical (unpaired) electrons. The molecule has 2 aromatic rings. The van der Waals surface area contributed by atoms with E-state index in [0.29, 0.717) is 36.7 Å². The molecule has 2 aliphatic rings. The van der Waals surface area contributed by atoms with Gasteiger partial charge in [-0.2, -0.15) is 5.10 Å². The van der Waals surface area contributed by atoms with Gasteiger partial charge in [-0.15, -0.1) is 0 Å². The van der Waals surface area contributed by atoms with Gasteiger partial charge in [-0.25, -0.2) is 0 Å². The molecule has 4 rings (SSSR count). The van der Waals surface area contributed by atoms with Crippen LogP contribution in [0, 0.1) is 12.8 Å². The first-order valence-electron chi connectivity index (χ1n) is 11.1. The highest BCUT2D eigenvalue weighted by atomic mass is 16.5. The van der Waals surface area contributed by atoms with Gasteiger partial charge >= 0.3 is 0 Å². The number of nitrogens with one attached hydrogen (secondary N) is 1. The van der Waals surface area contributed by atoms with Crippen LogP contribution in [-0.2, 0) is 11.8 Å². The zero-order valence-electron chi connectivity index (χ0n) is 18.3. The second kappa shape index (κ2) is 9.18. The Morgan fingerprint density at radius 1 is 1.26 bits per heavy atom. The molecule has 0 bridgehead atoms. The molecule has 0 saturated carbocycles. The van der Waals surface area contributed by atoms with Gasteiger partial charge in [-0.1, -0.05) is 0 Å². The van der Waals surface area contributed by atoms with Crippen molar-refractivity contribution in [2.45, 2.75) is 44.6 Å². The minimum absolute atomic E-state index is 0.0540. The van der Waals surface area contributed by atoms with Crippen molar-refractivity contribution in [1.82, 2.24) is 25.0 Å². The fraction of sp³-hybridized carbons (Fsp3) is 0.565. The van der Waals surface area contributed by atoms with Crippen molar-refractivity contribution in [2.75, 3.05) is 26.2 Å². The Morgan fingerprint density at radius 2 is 2.00 bits per heavy atom. The van der Waals surface area contributed by atoms with Gasteiger partial charge in [0.1, 0.15) is 0 Å². The normalized spacial score (nSPS) is 20.6. The number of aromatic nitrogens is 3. The first-order chi connectivity index (χ1) is 15.0. The predicted molar refractivity (Wildman–Crippen MR) is 116 cm³/mol. The van der Waals surface area contributed by atoms with Crippen LogP contribution in [-0.4, -0.2) is 63.3 Å². The summed E-state index contributed by atoms with van der Waals surface area (Å²) in [7, 11) is 1.84. The van der Waals surface area contributed by atoms with Crippen molar-refractivity contribution in [1.29, 1.82) is 0 Å². The SMILES string of the molecule is Cc1nn(C)cc1C(=O)N1CCC2(CC1)CC(CCNC(=O)c1ccncc1)CCO2. The summed E-state index contributed by atoms with van der Waals surface area (Å²) in [6.45, 7) is 4.70. The quantitative estimate of drug-likeness (QED) is 0.794. The van der Waals surface area contributed by atoms with E-state index in [0.717, 1.165) is 44.4 Å². The highest BCUT2D eigenvalue weighted by Crippen LogP contribution is 2.39. The van der Waals surface area contributed by atoms with Gasteiger partial charge in [0.2, 0.25) is 0 Å². The van der Waals surface area contributed by atoms with Crippen LogP contribution < -0.4 is 5.32 Å². The molecule has 31 heavy (non-hydrogen) atoms. The average Bonchev–Trinajstić information content (AvgIpc) is 3.12. The molecular weight excluding hydrogens is 394 g/mol. The molecule has 8 heteroatoms. The number of hydrogen-bond donors (Lipinski definition) is 1. The summed E-state index contributed by atoms with van der Waals surface area (Å²) in [5.41, 5.74) is 1.96. The van der Waals surface area contributed by atoms with E-state index in [2.05, 4.69) is 15.4 Å². The number of carbonyl (C=O) groups excluding carboxylic acids is 2. The summed E-state index contributed by atoms with van der Waals surface area (Å²) in [5, 5.41) is 7.31. The van der Waals surface area contributed by atoms with Gasteiger partial charge in [0.15, 0.2) is 0 Å². The summed E-state index contributed by atoms with van der Waals surface area (Å²) in [6.07, 6.45) is 9.73. The molecule has 1 atom stereocenters. The number of aryl methyl sites for hydroxylation is 2. The van der Waals surface area contributed by atoms with Crippen LogP contribution in [0.2, 0.25) is 0 Å². The van der Waals surface area contributed by atoms with Gasteiger partial charge in [-0.05, 0) is 57.1 Å². The number of ether oxygens (including phenoxy) is 1. The van der Waals surface area contributed by atoms with Gasteiger partial charge < -0.3 is 15.0 Å². The molecule has 2 aromatic heterocycles. The van der Waals surface area contributed by atoms with Crippen molar-refractivity contribution < 1.29 is 14.3 Å². The first kappa shape index (κ1) is 21.5. The van der Waals surface area contributed by atoms with Crippen molar-refractivity contribution in [3.05, 3.63) is 47.5 Å². The Hall–Kier alpha value is -2.74. The predicted octanol–water partition coefficient (Wildman–Crippen LogP) is 2.35. The van der Waals surface area contributed by atoms with E-state index >= 15 is 0 Å². The fourth-order valence-corrected chi connectivity index (χ4v) is 4.82. The highest BCUT2D eigenvalue weighted by Gasteiger charge is 2.41. The lowest BCUT2D eigenvalue weighted by Gasteiger charge is -2.46. The smallest absolute Gasteiger partial charge is 0.257 e. The summed E-state index contributed by atoms with van der Waals surface area (Å²) < 4.78 is 7.94. The van der Waals surface area contributed by atoms with Gasteiger partial charge in [0.05, 0.1) is 16.9 Å². The fourth-order valence-electron chi connectivity index (χ4n) is 4.82. The molecule has 1 unspecified atom stereocenters. The van der Waals surface area contributed by atoms with Gasteiger partial charge in [0, 0.05) is 57.4 Å². The van der Waals surface area contributed by atoms with E-state index in [1.807, 2.05) is 18.9 Å². The molecule has 0 aliphatic carbocycles. The zero-order valence-corrected chi connectivity index (χ0v) is 18.3. The second-order valence-corrected chi connectivity index (χ2v) is 8.76. The third-order valence-electron chi connectivity index (χ3n) is 6.58. The number of carbonyl (C=O) groups is 2. The monoisotopic (exact) mass is 425 g/mol. The molecule has 0 aromatic carbocycles. The molecule has 2 fully saturated rings. The van der Waals surface area contributed by atoms with Crippen LogP contribution in [0.25, 0.3) is 0 Å². The summed E-state index contributed by atoms with van der Waals surface area (Å²) in [6, 6.07) is 3.45. The number of rotatable bonds is 5. The third-order valence-corrected chi connectivity index (χ3v) is 6.58. The lowest BCUT2D eigenvalue weighted by Crippen LogP contribution is -2.51. The molecule has 2 saturated heterocycles. The van der Waals surface area contributed by atoms with Crippen molar-refractivity contribution in [2.24, 2.45) is 13.0 Å². The maximum atomic E-state index is 12.9. The van der Waals surface area contributed by atoms with Crippen LogP contribution in [0.15, 0.2) is 30.7 Å². The molecule has 8 nitrogen and oxygen atoms in total. The van der Waals surface area contributed by atoms with Gasteiger partial charge in [0.25, 0.3) is 11.8 Å². The second-order valence-electron chi connectivity index (χ2n) is 8.76. The summed E-state index contributed by atoms with van der Waals surface area (Å²) in [4.78, 5) is 31.0. The first-order valence-corrected chi connectivity index (χ1v) is 11.1. The topological polar surface area (TPSA) is 89.4 Å². The molecule has 1 spiro atoms. The van der Waals surface area contributed by atoms with Gasteiger partial charge in [-0.3, -0.25) is 19.3 Å². The van der Waals surface area contributed by atoms with E-state index in [9.17, 15) is 9.59 Å². The number of amides is 2.